The number of benzene rings is 3. The van der Waals surface area contributed by atoms with Gasteiger partial charge in [0, 0.05) is 24.3 Å². The number of carbonyl (C=O) groups excluding carboxylic acids is 5. The summed E-state index contributed by atoms with van der Waals surface area (Å²) in [5.41, 5.74) is 18.3. The summed E-state index contributed by atoms with van der Waals surface area (Å²) in [6.45, 7) is 5.32. The second kappa shape index (κ2) is 22.6. The molecule has 0 radical (unpaired) electrons. The van der Waals surface area contributed by atoms with Gasteiger partial charge in [-0.25, -0.2) is 4.79 Å². The molecule has 0 spiro atoms. The minimum atomic E-state index is -1.24. The molecule has 0 aromatic heterocycles. The molecule has 5 unspecified atom stereocenters. The van der Waals surface area contributed by atoms with Gasteiger partial charge in [0.05, 0.1) is 11.6 Å². The lowest BCUT2D eigenvalue weighted by molar-refractivity contribution is -0.134. The van der Waals surface area contributed by atoms with Gasteiger partial charge in [0.2, 0.25) is 28.7 Å². The van der Waals surface area contributed by atoms with Crippen molar-refractivity contribution in [2.45, 2.75) is 88.0 Å². The van der Waals surface area contributed by atoms with Gasteiger partial charge in [0.25, 0.3) is 0 Å². The Morgan fingerprint density at radius 2 is 1.17 bits per heavy atom. The SMILES string of the molecule is CC(C)CC(N)C(=O)NC(Cc1ccc(O)cc1)C(=O)NC(CCCN=C(N)N)C(=O)NC(C)C(=O)NC(Cc1ccc(O)cc1)C(=O)Sc1ccc(C(=O)O)cc1. The summed E-state index contributed by atoms with van der Waals surface area (Å²) in [4.78, 5) is 83.5. The van der Waals surface area contributed by atoms with E-state index >= 15 is 0 Å². The molecule has 0 bridgehead atoms. The van der Waals surface area contributed by atoms with Crippen LogP contribution in [-0.4, -0.2) is 92.7 Å². The van der Waals surface area contributed by atoms with Crippen LogP contribution in [0.2, 0.25) is 0 Å². The molecule has 18 heteroatoms. The first-order valence-electron chi connectivity index (χ1n) is 18.5. The summed E-state index contributed by atoms with van der Waals surface area (Å²) in [5, 5.41) is 38.9. The second-order valence-electron chi connectivity index (χ2n) is 14.1. The molecule has 0 fully saturated rings. The maximum Gasteiger partial charge on any atom is 0.335 e. The highest BCUT2D eigenvalue weighted by atomic mass is 32.2. The van der Waals surface area contributed by atoms with Gasteiger partial charge in [-0.15, -0.1) is 0 Å². The number of nitrogens with two attached hydrogens (primary N) is 3. The summed E-state index contributed by atoms with van der Waals surface area (Å²) >= 11 is 0.790. The Morgan fingerprint density at radius 1 is 0.672 bits per heavy atom. The Hall–Kier alpha value is -6.14. The molecule has 0 saturated carbocycles. The number of carbonyl (C=O) groups is 6. The van der Waals surface area contributed by atoms with Gasteiger partial charge in [-0.05, 0) is 104 Å². The third kappa shape index (κ3) is 15.8. The third-order valence-corrected chi connectivity index (χ3v) is 9.69. The number of nitrogens with one attached hydrogen (secondary N) is 4. The fourth-order valence-corrected chi connectivity index (χ4v) is 6.39. The van der Waals surface area contributed by atoms with E-state index < -0.39 is 64.9 Å². The molecule has 312 valence electrons. The summed E-state index contributed by atoms with van der Waals surface area (Å²) < 4.78 is 0. The molecule has 4 amide bonds. The molecule has 0 saturated heterocycles. The average molecular weight is 821 g/mol. The van der Waals surface area contributed by atoms with E-state index in [-0.39, 0.29) is 61.2 Å². The Kier molecular flexibility index (Phi) is 18.0. The van der Waals surface area contributed by atoms with Gasteiger partial charge >= 0.3 is 5.97 Å². The zero-order valence-corrected chi connectivity index (χ0v) is 33.3. The largest absolute Gasteiger partial charge is 0.508 e. The molecule has 3 rings (SSSR count). The van der Waals surface area contributed by atoms with Gasteiger partial charge in [0.1, 0.15) is 35.7 Å². The second-order valence-corrected chi connectivity index (χ2v) is 15.2. The lowest BCUT2D eigenvalue weighted by Gasteiger charge is -2.26. The molecule has 3 aromatic carbocycles. The van der Waals surface area contributed by atoms with Crippen molar-refractivity contribution < 1.29 is 44.1 Å². The quantitative estimate of drug-likeness (QED) is 0.0314. The van der Waals surface area contributed by atoms with E-state index in [1.807, 2.05) is 13.8 Å². The molecule has 0 aliphatic rings. The average Bonchev–Trinajstić information content (AvgIpc) is 3.16. The van der Waals surface area contributed by atoms with Crippen molar-refractivity contribution in [3.8, 4) is 11.5 Å². The Labute approximate surface area is 340 Å². The van der Waals surface area contributed by atoms with Gasteiger partial charge in [0.15, 0.2) is 5.96 Å². The molecular weight excluding hydrogens is 769 g/mol. The van der Waals surface area contributed by atoms with Crippen molar-refractivity contribution in [1.29, 1.82) is 0 Å². The number of nitrogens with zero attached hydrogens (tertiary/aromatic N) is 1. The predicted octanol–water partition coefficient (Wildman–Crippen LogP) is 1.29. The predicted molar refractivity (Wildman–Crippen MR) is 219 cm³/mol. The van der Waals surface area contributed by atoms with Gasteiger partial charge in [-0.3, -0.25) is 29.0 Å². The van der Waals surface area contributed by atoms with Crippen LogP contribution in [0, 0.1) is 5.92 Å². The number of aromatic carboxylic acids is 1. The van der Waals surface area contributed by atoms with Crippen molar-refractivity contribution in [2.24, 2.45) is 28.1 Å². The highest BCUT2D eigenvalue weighted by Crippen LogP contribution is 2.23. The standard InChI is InChI=1S/C40H52N8O9S/c1-22(2)19-30(41)35(52)47-32(20-24-6-12-27(49)13-7-24)37(54)46-31(5-4-18-44-40(42)43)36(53)45-23(3)34(51)48-33(21-25-8-14-28(50)15-9-25)39(57)58-29-16-10-26(11-17-29)38(55)56/h6-17,22-23,30-33,49-50H,4-5,18-21,41H2,1-3H3,(H,45,53)(H,46,54)(H,47,52)(H,48,51)(H,55,56)(H4,42,43,44). The number of aliphatic imine (C=N–C) groups is 1. The number of phenols is 2. The lowest BCUT2D eigenvalue weighted by atomic mass is 10.0. The van der Waals surface area contributed by atoms with Gasteiger partial charge in [-0.2, -0.15) is 0 Å². The maximum atomic E-state index is 13.9. The highest BCUT2D eigenvalue weighted by Gasteiger charge is 2.31. The summed E-state index contributed by atoms with van der Waals surface area (Å²) in [6.07, 6.45) is 0.624. The molecule has 13 N–H and O–H groups in total. The van der Waals surface area contributed by atoms with E-state index in [0.717, 1.165) is 11.8 Å². The fraction of sp³-hybridized carbons (Fsp3) is 0.375. The van der Waals surface area contributed by atoms with Crippen molar-refractivity contribution in [3.05, 3.63) is 89.5 Å². The van der Waals surface area contributed by atoms with Crippen LogP contribution >= 0.6 is 11.8 Å². The number of guanidine groups is 1. The highest BCUT2D eigenvalue weighted by molar-refractivity contribution is 8.13. The van der Waals surface area contributed by atoms with Crippen LogP contribution in [0.4, 0.5) is 0 Å². The Bertz CT molecular complexity index is 1900. The molecular formula is C40H52N8O9S. The number of carboxylic acids is 1. The van der Waals surface area contributed by atoms with Crippen LogP contribution in [0.1, 0.15) is 61.5 Å². The number of thioether (sulfide) groups is 1. The normalized spacial score (nSPS) is 13.5. The first-order chi connectivity index (χ1) is 27.4. The van der Waals surface area contributed by atoms with E-state index in [1.54, 1.807) is 24.3 Å². The zero-order valence-electron chi connectivity index (χ0n) is 32.5. The van der Waals surface area contributed by atoms with Crippen LogP contribution in [0.5, 0.6) is 11.5 Å². The van der Waals surface area contributed by atoms with Crippen LogP contribution in [0.25, 0.3) is 0 Å². The summed E-state index contributed by atoms with van der Waals surface area (Å²) in [7, 11) is 0. The first kappa shape index (κ1) is 46.2. The first-order valence-corrected chi connectivity index (χ1v) is 19.4. The fourth-order valence-electron chi connectivity index (χ4n) is 5.61. The van der Waals surface area contributed by atoms with E-state index in [0.29, 0.717) is 22.4 Å². The lowest BCUT2D eigenvalue weighted by Crippen LogP contribution is -2.58. The van der Waals surface area contributed by atoms with Crippen molar-refractivity contribution in [1.82, 2.24) is 21.3 Å². The number of rotatable bonds is 21. The van der Waals surface area contributed by atoms with Crippen molar-refractivity contribution in [2.75, 3.05) is 6.54 Å². The van der Waals surface area contributed by atoms with Crippen molar-refractivity contribution >= 4 is 52.4 Å². The third-order valence-electron chi connectivity index (χ3n) is 8.70. The van der Waals surface area contributed by atoms with Crippen LogP contribution in [0.3, 0.4) is 0 Å². The molecule has 5 atom stereocenters. The number of amides is 4. The summed E-state index contributed by atoms with van der Waals surface area (Å²) in [6, 6.07) is 12.0. The number of aromatic hydroxyl groups is 2. The molecule has 0 aliphatic heterocycles. The van der Waals surface area contributed by atoms with Crippen molar-refractivity contribution in [3.63, 3.8) is 0 Å². The van der Waals surface area contributed by atoms with E-state index in [2.05, 4.69) is 26.3 Å². The maximum absolute atomic E-state index is 13.9. The number of phenolic OH excluding ortho intramolecular Hbond substituents is 2. The molecule has 17 nitrogen and oxygen atoms in total. The number of hydrogen-bond acceptors (Lipinski definition) is 11. The topological polar surface area (TPSA) is 302 Å². The summed E-state index contributed by atoms with van der Waals surface area (Å²) in [5.74, 6) is -3.96. The smallest absolute Gasteiger partial charge is 0.335 e. The Balaban J connectivity index is 1.81. The van der Waals surface area contributed by atoms with Gasteiger partial charge in [-0.1, -0.05) is 38.1 Å². The number of carboxylic acid groups (broad SMARTS) is 1. The molecule has 58 heavy (non-hydrogen) atoms. The molecule has 3 aromatic rings. The van der Waals surface area contributed by atoms with Crippen LogP contribution < -0.4 is 38.5 Å². The Morgan fingerprint density at radius 3 is 1.69 bits per heavy atom. The van der Waals surface area contributed by atoms with E-state index in [4.69, 9.17) is 17.2 Å². The van der Waals surface area contributed by atoms with Gasteiger partial charge < -0.3 is 53.8 Å². The monoisotopic (exact) mass is 820 g/mol. The van der Waals surface area contributed by atoms with Crippen LogP contribution in [0.15, 0.2) is 82.7 Å². The number of hydrogen-bond donors (Lipinski definition) is 10. The van der Waals surface area contributed by atoms with E-state index in [9.17, 15) is 44.1 Å². The minimum Gasteiger partial charge on any atom is -0.508 e. The minimum absolute atomic E-state index is 0.00333. The van der Waals surface area contributed by atoms with Crippen LogP contribution in [-0.2, 0) is 36.8 Å². The molecule has 0 aliphatic carbocycles. The molecule has 0 heterocycles. The van der Waals surface area contributed by atoms with E-state index in [1.165, 1.54) is 55.5 Å². The zero-order chi connectivity index (χ0) is 42.9.